The molecule has 0 saturated carbocycles. The van der Waals surface area contributed by atoms with Gasteiger partial charge in [-0.25, -0.2) is 0 Å². The lowest BCUT2D eigenvalue weighted by atomic mass is 10.2. The smallest absolute Gasteiger partial charge is 0.0769 e. The van der Waals surface area contributed by atoms with E-state index in [1.165, 1.54) is 0 Å². The van der Waals surface area contributed by atoms with Crippen LogP contribution in [0, 0.1) is 13.8 Å². The molecule has 0 bridgehead atoms. The van der Waals surface area contributed by atoms with Gasteiger partial charge in [0.25, 0.3) is 0 Å². The van der Waals surface area contributed by atoms with E-state index >= 15 is 0 Å². The van der Waals surface area contributed by atoms with Gasteiger partial charge in [-0.15, -0.1) is 0 Å². The Morgan fingerprint density at radius 2 is 1.75 bits per heavy atom. The van der Waals surface area contributed by atoms with Crippen molar-refractivity contribution in [3.8, 4) is 0 Å². The summed E-state index contributed by atoms with van der Waals surface area (Å²) in [4.78, 5) is 6.88. The first-order valence-corrected chi connectivity index (χ1v) is 8.60. The highest BCUT2D eigenvalue weighted by Gasteiger charge is 2.10. The van der Waals surface area contributed by atoms with Crippen LogP contribution in [0.3, 0.4) is 0 Å². The Hall–Kier alpha value is -2.59. The van der Waals surface area contributed by atoms with Gasteiger partial charge in [-0.05, 0) is 37.6 Å². The average molecular weight is 333 g/mol. The van der Waals surface area contributed by atoms with E-state index in [2.05, 4.69) is 33.4 Å². The van der Waals surface area contributed by atoms with Crippen LogP contribution in [0.25, 0.3) is 6.08 Å². The van der Waals surface area contributed by atoms with Crippen LogP contribution in [0.4, 0.5) is 5.69 Å². The molecule has 4 heteroatoms. The van der Waals surface area contributed by atoms with Gasteiger partial charge in [0, 0.05) is 16.8 Å². The van der Waals surface area contributed by atoms with E-state index in [1.54, 1.807) is 11.8 Å². The van der Waals surface area contributed by atoms with Crippen molar-refractivity contribution in [3.63, 3.8) is 0 Å². The molecule has 0 spiro atoms. The van der Waals surface area contributed by atoms with Crippen LogP contribution >= 0.6 is 11.8 Å². The number of hydrogen-bond acceptors (Lipinski definition) is 3. The second-order valence-corrected chi connectivity index (χ2v) is 6.43. The number of para-hydroxylation sites is 1. The molecule has 0 amide bonds. The van der Waals surface area contributed by atoms with Gasteiger partial charge in [-0.1, -0.05) is 60.3 Å². The minimum Gasteiger partial charge on any atom is -0.281 e. The summed E-state index contributed by atoms with van der Waals surface area (Å²) in [5, 5.41) is 7.28. The van der Waals surface area contributed by atoms with Crippen LogP contribution in [0.2, 0.25) is 0 Å². The minimum atomic E-state index is 0.959. The summed E-state index contributed by atoms with van der Waals surface area (Å²) < 4.78 is 0. The Balaban J connectivity index is 1.77. The summed E-state index contributed by atoms with van der Waals surface area (Å²) in [6.07, 6.45) is 5.84. The van der Waals surface area contributed by atoms with Crippen LogP contribution in [-0.4, -0.2) is 16.4 Å². The fourth-order valence-corrected chi connectivity index (χ4v) is 3.28. The molecule has 0 aliphatic heterocycles. The maximum absolute atomic E-state index is 4.60. The van der Waals surface area contributed by atoms with Gasteiger partial charge in [0.15, 0.2) is 0 Å². The quantitative estimate of drug-likeness (QED) is 0.618. The SMILES string of the molecule is Cc1n[nH]c(C)c1Sc1ccccc1N=C/C=C/c1ccccc1. The third kappa shape index (κ3) is 4.03. The molecule has 3 rings (SSSR count). The number of aliphatic imine (C=N–C) groups is 1. The summed E-state index contributed by atoms with van der Waals surface area (Å²) in [6, 6.07) is 18.4. The van der Waals surface area contributed by atoms with Crippen LogP contribution in [0.15, 0.2) is 75.5 Å². The fourth-order valence-electron chi connectivity index (χ4n) is 2.29. The largest absolute Gasteiger partial charge is 0.281 e. The highest BCUT2D eigenvalue weighted by Crippen LogP contribution is 2.37. The average Bonchev–Trinajstić information content (AvgIpc) is 2.93. The number of benzene rings is 2. The zero-order valence-electron chi connectivity index (χ0n) is 13.7. The van der Waals surface area contributed by atoms with E-state index in [0.717, 1.165) is 32.4 Å². The number of hydrogen-bond donors (Lipinski definition) is 1. The van der Waals surface area contributed by atoms with E-state index in [9.17, 15) is 0 Å². The molecule has 0 atom stereocenters. The summed E-state index contributed by atoms with van der Waals surface area (Å²) in [6.45, 7) is 4.05. The van der Waals surface area contributed by atoms with Gasteiger partial charge in [0.05, 0.1) is 16.3 Å². The second-order valence-electron chi connectivity index (χ2n) is 5.38. The summed E-state index contributed by atoms with van der Waals surface area (Å²) >= 11 is 1.70. The molecule has 3 nitrogen and oxygen atoms in total. The lowest BCUT2D eigenvalue weighted by molar-refractivity contribution is 1.02. The molecule has 24 heavy (non-hydrogen) atoms. The van der Waals surface area contributed by atoms with Crippen molar-refractivity contribution in [1.82, 2.24) is 10.2 Å². The fraction of sp³-hybridized carbons (Fsp3) is 0.100. The number of H-pyrrole nitrogens is 1. The Kier molecular flexibility index (Phi) is 5.29. The van der Waals surface area contributed by atoms with Crippen molar-refractivity contribution in [2.45, 2.75) is 23.6 Å². The third-order valence-electron chi connectivity index (χ3n) is 3.53. The molecule has 0 fully saturated rings. The van der Waals surface area contributed by atoms with Crippen molar-refractivity contribution in [1.29, 1.82) is 0 Å². The molecule has 120 valence electrons. The van der Waals surface area contributed by atoms with Gasteiger partial charge in [-0.2, -0.15) is 5.10 Å². The normalized spacial score (nSPS) is 11.6. The molecule has 3 aromatic rings. The monoisotopic (exact) mass is 333 g/mol. The van der Waals surface area contributed by atoms with Crippen molar-refractivity contribution in [2.24, 2.45) is 4.99 Å². The second kappa shape index (κ2) is 7.79. The predicted molar refractivity (Wildman–Crippen MR) is 102 cm³/mol. The summed E-state index contributed by atoms with van der Waals surface area (Å²) in [5.74, 6) is 0. The first-order chi connectivity index (χ1) is 11.7. The molecular weight excluding hydrogens is 314 g/mol. The Morgan fingerprint density at radius 3 is 2.50 bits per heavy atom. The maximum Gasteiger partial charge on any atom is 0.0769 e. The van der Waals surface area contributed by atoms with Crippen LogP contribution in [-0.2, 0) is 0 Å². The van der Waals surface area contributed by atoms with Crippen molar-refractivity contribution in [3.05, 3.63) is 77.6 Å². The molecule has 1 N–H and O–H groups in total. The van der Waals surface area contributed by atoms with E-state index in [4.69, 9.17) is 0 Å². The van der Waals surface area contributed by atoms with Crippen LogP contribution in [0.5, 0.6) is 0 Å². The standard InChI is InChI=1S/C20H19N3S/c1-15-20(16(2)23-22-15)24-19-13-7-6-12-18(19)21-14-8-11-17-9-4-3-5-10-17/h3-14H,1-2H3,(H,22,23)/b11-8+,21-14?. The maximum atomic E-state index is 4.60. The van der Waals surface area contributed by atoms with Gasteiger partial charge >= 0.3 is 0 Å². The number of aromatic amines is 1. The lowest BCUT2D eigenvalue weighted by Gasteiger charge is -2.05. The lowest BCUT2D eigenvalue weighted by Crippen LogP contribution is -1.79. The topological polar surface area (TPSA) is 41.0 Å². The van der Waals surface area contributed by atoms with Crippen LogP contribution < -0.4 is 0 Å². The Labute approximate surface area is 146 Å². The molecule has 1 aromatic heterocycles. The zero-order chi connectivity index (χ0) is 16.8. The highest BCUT2D eigenvalue weighted by atomic mass is 32.2. The van der Waals surface area contributed by atoms with E-state index < -0.39 is 0 Å². The molecular formula is C20H19N3S. The van der Waals surface area contributed by atoms with Crippen LogP contribution in [0.1, 0.15) is 17.0 Å². The Bertz CT molecular complexity index is 844. The highest BCUT2D eigenvalue weighted by molar-refractivity contribution is 7.99. The number of nitrogens with one attached hydrogen (secondary N) is 1. The van der Waals surface area contributed by atoms with Crippen molar-refractivity contribution >= 4 is 29.7 Å². The van der Waals surface area contributed by atoms with Gasteiger partial charge in [0.2, 0.25) is 0 Å². The minimum absolute atomic E-state index is 0.959. The van der Waals surface area contributed by atoms with E-state index in [0.29, 0.717) is 0 Å². The van der Waals surface area contributed by atoms with Crippen molar-refractivity contribution in [2.75, 3.05) is 0 Å². The van der Waals surface area contributed by atoms with Gasteiger partial charge in [0.1, 0.15) is 0 Å². The molecule has 0 unspecified atom stereocenters. The molecule has 0 radical (unpaired) electrons. The van der Waals surface area contributed by atoms with Crippen molar-refractivity contribution < 1.29 is 0 Å². The summed E-state index contributed by atoms with van der Waals surface area (Å²) in [7, 11) is 0. The van der Waals surface area contributed by atoms with Gasteiger partial charge in [-0.3, -0.25) is 10.1 Å². The molecule has 1 heterocycles. The number of allylic oxidation sites excluding steroid dienone is 1. The van der Waals surface area contributed by atoms with E-state index in [1.807, 2.05) is 68.6 Å². The Morgan fingerprint density at radius 1 is 1.00 bits per heavy atom. The molecule has 0 saturated heterocycles. The number of rotatable bonds is 5. The molecule has 2 aromatic carbocycles. The molecule has 0 aliphatic carbocycles. The van der Waals surface area contributed by atoms with Gasteiger partial charge < -0.3 is 0 Å². The first-order valence-electron chi connectivity index (χ1n) is 7.78. The first kappa shape index (κ1) is 16.3. The zero-order valence-corrected chi connectivity index (χ0v) is 14.5. The molecule has 0 aliphatic rings. The third-order valence-corrected chi connectivity index (χ3v) is 4.90. The number of aromatic nitrogens is 2. The predicted octanol–water partition coefficient (Wildman–Crippen LogP) is 5.59. The number of aryl methyl sites for hydroxylation is 2. The summed E-state index contributed by atoms with van der Waals surface area (Å²) in [5.41, 5.74) is 4.22. The number of nitrogens with zero attached hydrogens (tertiary/aromatic N) is 2. The van der Waals surface area contributed by atoms with E-state index in [-0.39, 0.29) is 0 Å².